The second-order valence-electron chi connectivity index (χ2n) is 6.29. The van der Waals surface area contributed by atoms with Crippen LogP contribution in [0.5, 0.6) is 5.88 Å². The molecule has 1 saturated heterocycles. The van der Waals surface area contributed by atoms with Crippen LogP contribution in [0.3, 0.4) is 0 Å². The van der Waals surface area contributed by atoms with Gasteiger partial charge in [0.25, 0.3) is 0 Å². The highest BCUT2D eigenvalue weighted by Gasteiger charge is 2.27. The van der Waals surface area contributed by atoms with Crippen molar-refractivity contribution < 1.29 is 14.3 Å². The molecule has 0 bridgehead atoms. The molecule has 0 radical (unpaired) electrons. The van der Waals surface area contributed by atoms with Crippen molar-refractivity contribution in [1.29, 1.82) is 0 Å². The van der Waals surface area contributed by atoms with Gasteiger partial charge in [-0.25, -0.2) is 14.8 Å². The van der Waals surface area contributed by atoms with Gasteiger partial charge in [-0.2, -0.15) is 0 Å². The van der Waals surface area contributed by atoms with E-state index in [2.05, 4.69) is 9.97 Å². The van der Waals surface area contributed by atoms with E-state index in [1.165, 1.54) is 6.33 Å². The van der Waals surface area contributed by atoms with Crippen LogP contribution in [0.25, 0.3) is 0 Å². The predicted octanol–water partition coefficient (Wildman–Crippen LogP) is 2.50. The summed E-state index contributed by atoms with van der Waals surface area (Å²) in [5.41, 5.74) is -0.457. The van der Waals surface area contributed by atoms with E-state index in [4.69, 9.17) is 9.47 Å². The summed E-state index contributed by atoms with van der Waals surface area (Å²) in [7, 11) is 0. The molecule has 1 fully saturated rings. The molecule has 6 nitrogen and oxygen atoms in total. The van der Waals surface area contributed by atoms with E-state index in [-0.39, 0.29) is 6.09 Å². The number of carbonyl (C=O) groups excluding carboxylic acids is 1. The SMILES string of the molecule is CC(C)(C)OC(=O)N1CCC[C@H](COc2ccncn2)C1. The molecule has 0 aromatic carbocycles. The van der Waals surface area contributed by atoms with Gasteiger partial charge >= 0.3 is 6.09 Å². The molecule has 0 N–H and O–H groups in total. The van der Waals surface area contributed by atoms with Gasteiger partial charge in [0.05, 0.1) is 6.61 Å². The minimum atomic E-state index is -0.457. The number of carbonyl (C=O) groups is 1. The van der Waals surface area contributed by atoms with Crippen molar-refractivity contribution >= 4 is 6.09 Å². The summed E-state index contributed by atoms with van der Waals surface area (Å²) in [6, 6.07) is 1.73. The molecule has 1 aliphatic rings. The van der Waals surface area contributed by atoms with E-state index < -0.39 is 5.60 Å². The van der Waals surface area contributed by atoms with Crippen LogP contribution in [-0.2, 0) is 4.74 Å². The lowest BCUT2D eigenvalue weighted by Gasteiger charge is -2.33. The number of hydrogen-bond acceptors (Lipinski definition) is 5. The highest BCUT2D eigenvalue weighted by Crippen LogP contribution is 2.20. The number of nitrogens with zero attached hydrogens (tertiary/aromatic N) is 3. The second-order valence-corrected chi connectivity index (χ2v) is 6.29. The summed E-state index contributed by atoms with van der Waals surface area (Å²) in [4.78, 5) is 21.7. The summed E-state index contributed by atoms with van der Waals surface area (Å²) in [6.45, 7) is 7.61. The van der Waals surface area contributed by atoms with Gasteiger partial charge in [0.2, 0.25) is 5.88 Å². The first-order chi connectivity index (χ1) is 9.94. The lowest BCUT2D eigenvalue weighted by Crippen LogP contribution is -2.44. The number of rotatable bonds is 3. The minimum Gasteiger partial charge on any atom is -0.477 e. The highest BCUT2D eigenvalue weighted by molar-refractivity contribution is 5.68. The molecule has 0 saturated carbocycles. The molecule has 0 aliphatic carbocycles. The lowest BCUT2D eigenvalue weighted by molar-refractivity contribution is 0.0138. The van der Waals surface area contributed by atoms with E-state index >= 15 is 0 Å². The van der Waals surface area contributed by atoms with Crippen molar-refractivity contribution in [3.63, 3.8) is 0 Å². The van der Waals surface area contributed by atoms with Crippen molar-refractivity contribution in [1.82, 2.24) is 14.9 Å². The molecule has 6 heteroatoms. The first kappa shape index (κ1) is 15.5. The van der Waals surface area contributed by atoms with Crippen LogP contribution >= 0.6 is 0 Å². The third-order valence-electron chi connectivity index (χ3n) is 3.19. The van der Waals surface area contributed by atoms with Crippen LogP contribution in [0.15, 0.2) is 18.6 Å². The maximum Gasteiger partial charge on any atom is 0.410 e. The Morgan fingerprint density at radius 2 is 2.29 bits per heavy atom. The van der Waals surface area contributed by atoms with Crippen LogP contribution < -0.4 is 4.74 Å². The average molecular weight is 293 g/mol. The number of likely N-dealkylation sites (tertiary alicyclic amines) is 1. The molecule has 21 heavy (non-hydrogen) atoms. The predicted molar refractivity (Wildman–Crippen MR) is 78.1 cm³/mol. The Hall–Kier alpha value is -1.85. The molecular weight excluding hydrogens is 270 g/mol. The standard InChI is InChI=1S/C15H23N3O3/c1-15(2,3)21-14(19)18-8-4-5-12(9-18)10-20-13-6-7-16-11-17-13/h6-7,11-12H,4-5,8-10H2,1-3H3/t12-/m0/s1. The number of aromatic nitrogens is 2. The molecule has 0 unspecified atom stereocenters. The molecule has 1 aliphatic heterocycles. The summed E-state index contributed by atoms with van der Waals surface area (Å²) in [6.07, 6.45) is 4.88. The van der Waals surface area contributed by atoms with Crippen molar-refractivity contribution in [3.8, 4) is 5.88 Å². The average Bonchev–Trinajstić information content (AvgIpc) is 2.45. The molecule has 1 aromatic heterocycles. The zero-order chi connectivity index (χ0) is 15.3. The Kier molecular flexibility index (Phi) is 4.98. The number of ether oxygens (including phenoxy) is 2. The third kappa shape index (κ3) is 5.21. The normalized spacial score (nSPS) is 19.2. The van der Waals surface area contributed by atoms with E-state index in [1.807, 2.05) is 20.8 Å². The van der Waals surface area contributed by atoms with Crippen molar-refractivity contribution in [2.75, 3.05) is 19.7 Å². The van der Waals surface area contributed by atoms with E-state index in [0.29, 0.717) is 24.9 Å². The first-order valence-corrected chi connectivity index (χ1v) is 7.31. The van der Waals surface area contributed by atoms with Crippen molar-refractivity contribution in [2.24, 2.45) is 5.92 Å². The summed E-state index contributed by atoms with van der Waals surface area (Å²) < 4.78 is 11.1. The highest BCUT2D eigenvalue weighted by atomic mass is 16.6. The van der Waals surface area contributed by atoms with Gasteiger partial charge < -0.3 is 14.4 Å². The molecule has 0 spiro atoms. The fraction of sp³-hybridized carbons (Fsp3) is 0.667. The molecule has 1 aromatic rings. The molecule has 1 amide bonds. The van der Waals surface area contributed by atoms with Gasteiger partial charge in [-0.05, 0) is 33.6 Å². The molecule has 1 atom stereocenters. The van der Waals surface area contributed by atoms with Crippen LogP contribution in [0, 0.1) is 5.92 Å². The van der Waals surface area contributed by atoms with E-state index in [9.17, 15) is 4.79 Å². The fourth-order valence-corrected chi connectivity index (χ4v) is 2.26. The maximum atomic E-state index is 12.1. The number of hydrogen-bond donors (Lipinski definition) is 0. The van der Waals surface area contributed by atoms with Crippen LogP contribution in [0.1, 0.15) is 33.6 Å². The smallest absolute Gasteiger partial charge is 0.410 e. The summed E-state index contributed by atoms with van der Waals surface area (Å²) in [5, 5.41) is 0. The van der Waals surface area contributed by atoms with Crippen LogP contribution in [-0.4, -0.2) is 46.3 Å². The number of piperidine rings is 1. The van der Waals surface area contributed by atoms with Crippen molar-refractivity contribution in [2.45, 2.75) is 39.2 Å². The molecule has 2 heterocycles. The van der Waals surface area contributed by atoms with E-state index in [0.717, 1.165) is 19.4 Å². The Morgan fingerprint density at radius 3 is 2.95 bits per heavy atom. The van der Waals surface area contributed by atoms with Gasteiger partial charge in [0, 0.05) is 31.3 Å². The van der Waals surface area contributed by atoms with Gasteiger partial charge in [-0.15, -0.1) is 0 Å². The molecule has 2 rings (SSSR count). The van der Waals surface area contributed by atoms with Crippen molar-refractivity contribution in [3.05, 3.63) is 18.6 Å². The quantitative estimate of drug-likeness (QED) is 0.856. The maximum absolute atomic E-state index is 12.1. The first-order valence-electron chi connectivity index (χ1n) is 7.31. The zero-order valence-electron chi connectivity index (χ0n) is 12.9. The summed E-state index contributed by atoms with van der Waals surface area (Å²) in [5.74, 6) is 0.876. The fourth-order valence-electron chi connectivity index (χ4n) is 2.26. The lowest BCUT2D eigenvalue weighted by atomic mass is 9.99. The minimum absolute atomic E-state index is 0.241. The van der Waals surface area contributed by atoms with Gasteiger partial charge in [0.1, 0.15) is 11.9 Å². The topological polar surface area (TPSA) is 64.5 Å². The van der Waals surface area contributed by atoms with Crippen LogP contribution in [0.2, 0.25) is 0 Å². The summed E-state index contributed by atoms with van der Waals surface area (Å²) >= 11 is 0. The third-order valence-corrected chi connectivity index (χ3v) is 3.19. The molecular formula is C15H23N3O3. The van der Waals surface area contributed by atoms with Gasteiger partial charge in [-0.1, -0.05) is 0 Å². The van der Waals surface area contributed by atoms with Gasteiger partial charge in [-0.3, -0.25) is 0 Å². The second kappa shape index (κ2) is 6.74. The van der Waals surface area contributed by atoms with E-state index in [1.54, 1.807) is 17.2 Å². The monoisotopic (exact) mass is 293 g/mol. The largest absolute Gasteiger partial charge is 0.477 e. The Bertz CT molecular complexity index is 459. The zero-order valence-corrected chi connectivity index (χ0v) is 12.9. The van der Waals surface area contributed by atoms with Crippen LogP contribution in [0.4, 0.5) is 4.79 Å². The Morgan fingerprint density at radius 1 is 1.48 bits per heavy atom. The Balaban J connectivity index is 1.82. The van der Waals surface area contributed by atoms with Gasteiger partial charge in [0.15, 0.2) is 0 Å². The Labute approximate surface area is 125 Å². The molecule has 116 valence electrons. The number of amides is 1.